The lowest BCUT2D eigenvalue weighted by Gasteiger charge is -2.28. The molecule has 0 unspecified atom stereocenters. The van der Waals surface area contributed by atoms with E-state index in [9.17, 15) is 9.59 Å². The number of benzene rings is 1. The number of nitrogens with one attached hydrogen (secondary N) is 3. The second kappa shape index (κ2) is 9.71. The number of carbonyl (C=O) groups excluding carboxylic acids is 2. The molecule has 1 aliphatic heterocycles. The topological polar surface area (TPSA) is 73.5 Å². The molecule has 2 saturated carbocycles. The van der Waals surface area contributed by atoms with Crippen LogP contribution in [0.25, 0.3) is 0 Å². The lowest BCUT2D eigenvalue weighted by molar-refractivity contribution is -0.115. The fourth-order valence-corrected chi connectivity index (χ4v) is 5.72. The van der Waals surface area contributed by atoms with Crippen molar-refractivity contribution >= 4 is 23.3 Å². The second-order valence-corrected chi connectivity index (χ2v) is 9.45. The van der Waals surface area contributed by atoms with Gasteiger partial charge in [-0.25, -0.2) is 4.79 Å². The van der Waals surface area contributed by atoms with Gasteiger partial charge in [-0.2, -0.15) is 0 Å². The van der Waals surface area contributed by atoms with E-state index in [2.05, 4.69) is 39.9 Å². The summed E-state index contributed by atoms with van der Waals surface area (Å²) in [6.07, 6.45) is 10.3. The summed E-state index contributed by atoms with van der Waals surface area (Å²) in [6.45, 7) is 4.27. The van der Waals surface area contributed by atoms with Crippen molar-refractivity contribution in [3.63, 3.8) is 0 Å². The first-order valence-corrected chi connectivity index (χ1v) is 11.8. The monoisotopic (exact) mass is 412 g/mol. The Balaban J connectivity index is 1.18. The smallest absolute Gasteiger partial charge is 0.315 e. The Hall–Kier alpha value is -2.24. The van der Waals surface area contributed by atoms with Crippen molar-refractivity contribution in [3.05, 3.63) is 24.3 Å². The van der Waals surface area contributed by atoms with E-state index in [1.165, 1.54) is 57.1 Å². The predicted octanol–water partition coefficient (Wildman–Crippen LogP) is 4.13. The molecule has 2 aliphatic carbocycles. The van der Waals surface area contributed by atoms with Crippen LogP contribution in [0.1, 0.15) is 58.3 Å². The van der Waals surface area contributed by atoms with E-state index in [-0.39, 0.29) is 24.5 Å². The van der Waals surface area contributed by atoms with Crippen LogP contribution in [0.4, 0.5) is 16.2 Å². The zero-order chi connectivity index (χ0) is 20.9. The van der Waals surface area contributed by atoms with Gasteiger partial charge in [-0.3, -0.25) is 4.79 Å². The molecule has 3 amide bonds. The summed E-state index contributed by atoms with van der Waals surface area (Å²) in [5.41, 5.74) is 1.97. The Kier molecular flexibility index (Phi) is 6.80. The number of hydrogen-bond acceptors (Lipinski definition) is 3. The van der Waals surface area contributed by atoms with E-state index in [4.69, 9.17) is 0 Å². The average molecular weight is 413 g/mol. The quantitative estimate of drug-likeness (QED) is 0.658. The Labute approximate surface area is 180 Å². The van der Waals surface area contributed by atoms with Crippen molar-refractivity contribution in [2.24, 2.45) is 17.8 Å². The maximum absolute atomic E-state index is 12.2. The molecular weight excluding hydrogens is 376 g/mol. The molecule has 6 heteroatoms. The molecule has 164 valence electrons. The van der Waals surface area contributed by atoms with Crippen LogP contribution in [-0.2, 0) is 4.79 Å². The first kappa shape index (κ1) is 21.0. The zero-order valence-corrected chi connectivity index (χ0v) is 18.2. The van der Waals surface area contributed by atoms with Gasteiger partial charge < -0.3 is 20.9 Å². The van der Waals surface area contributed by atoms with Crippen molar-refractivity contribution in [1.82, 2.24) is 10.6 Å². The van der Waals surface area contributed by atoms with Gasteiger partial charge in [0.1, 0.15) is 0 Å². The number of hydrogen-bond donors (Lipinski definition) is 3. The van der Waals surface area contributed by atoms with Crippen molar-refractivity contribution in [3.8, 4) is 0 Å². The Morgan fingerprint density at radius 2 is 1.77 bits per heavy atom. The number of urea groups is 1. The third kappa shape index (κ3) is 5.27. The van der Waals surface area contributed by atoms with E-state index in [1.54, 1.807) is 0 Å². The molecule has 6 nitrogen and oxygen atoms in total. The lowest BCUT2D eigenvalue weighted by atomic mass is 9.84. The summed E-state index contributed by atoms with van der Waals surface area (Å²) in [4.78, 5) is 26.9. The first-order valence-electron chi connectivity index (χ1n) is 11.8. The van der Waals surface area contributed by atoms with Gasteiger partial charge in [0.05, 0.1) is 6.54 Å². The number of amides is 3. The van der Waals surface area contributed by atoms with Gasteiger partial charge in [-0.05, 0) is 81.0 Å². The van der Waals surface area contributed by atoms with E-state index in [0.717, 1.165) is 30.6 Å². The summed E-state index contributed by atoms with van der Waals surface area (Å²) in [7, 11) is 0. The molecule has 4 rings (SSSR count). The molecule has 1 heterocycles. The Bertz CT molecular complexity index is 727. The van der Waals surface area contributed by atoms with Gasteiger partial charge in [-0.15, -0.1) is 0 Å². The fraction of sp³-hybridized carbons (Fsp3) is 0.667. The number of fused-ring (bicyclic) bond motifs is 2. The lowest BCUT2D eigenvalue weighted by Crippen LogP contribution is -2.47. The van der Waals surface area contributed by atoms with Crippen molar-refractivity contribution in [1.29, 1.82) is 0 Å². The van der Waals surface area contributed by atoms with Gasteiger partial charge in [-0.1, -0.05) is 19.3 Å². The number of nitrogens with zero attached hydrogens (tertiary/aromatic N) is 1. The highest BCUT2D eigenvalue weighted by molar-refractivity contribution is 5.94. The summed E-state index contributed by atoms with van der Waals surface area (Å²) >= 11 is 0. The van der Waals surface area contributed by atoms with Crippen molar-refractivity contribution in [2.75, 3.05) is 29.9 Å². The maximum Gasteiger partial charge on any atom is 0.315 e. The van der Waals surface area contributed by atoms with Crippen LogP contribution in [-0.4, -0.2) is 37.6 Å². The summed E-state index contributed by atoms with van der Waals surface area (Å²) < 4.78 is 0. The molecule has 30 heavy (non-hydrogen) atoms. The molecule has 1 aromatic rings. The standard InChI is InChI=1S/C24H36N4O2/c1-17(22-15-18-6-7-19(22)14-18)26-24(30)25-16-23(29)27-20-8-10-21(11-9-20)28-12-4-2-3-5-13-28/h8-11,17-19,22H,2-7,12-16H2,1H3,(H,27,29)(H2,25,26,30)/t17-,18+,19+,22-/m1/s1. The Morgan fingerprint density at radius 3 is 2.40 bits per heavy atom. The summed E-state index contributed by atoms with van der Waals surface area (Å²) in [5, 5.41) is 8.61. The number of rotatable bonds is 6. The van der Waals surface area contributed by atoms with Crippen LogP contribution in [0.3, 0.4) is 0 Å². The molecule has 0 aromatic heterocycles. The van der Waals surface area contributed by atoms with Crippen LogP contribution < -0.4 is 20.9 Å². The minimum absolute atomic E-state index is 0.0247. The highest BCUT2D eigenvalue weighted by atomic mass is 16.2. The first-order chi connectivity index (χ1) is 14.6. The number of carbonyl (C=O) groups is 2. The minimum atomic E-state index is -0.253. The van der Waals surface area contributed by atoms with Gasteiger partial charge >= 0.3 is 6.03 Å². The van der Waals surface area contributed by atoms with Gasteiger partial charge in [0, 0.05) is 30.5 Å². The van der Waals surface area contributed by atoms with Crippen LogP contribution in [0, 0.1) is 17.8 Å². The second-order valence-electron chi connectivity index (χ2n) is 9.45. The van der Waals surface area contributed by atoms with Crippen LogP contribution in [0.15, 0.2) is 24.3 Å². The normalized spacial score (nSPS) is 26.7. The average Bonchev–Trinajstić information content (AvgIpc) is 3.28. The van der Waals surface area contributed by atoms with E-state index >= 15 is 0 Å². The summed E-state index contributed by atoms with van der Waals surface area (Å²) in [5.74, 6) is 2.01. The third-order valence-corrected chi connectivity index (χ3v) is 7.33. The van der Waals surface area contributed by atoms with Crippen LogP contribution >= 0.6 is 0 Å². The molecule has 3 N–H and O–H groups in total. The van der Waals surface area contributed by atoms with Crippen molar-refractivity contribution in [2.45, 2.75) is 64.3 Å². The highest BCUT2D eigenvalue weighted by Gasteiger charge is 2.42. The SMILES string of the molecule is C[C@@H](NC(=O)NCC(=O)Nc1ccc(N2CCCCCC2)cc1)[C@H]1C[C@H]2CC[C@H]1C2. The molecular formula is C24H36N4O2. The molecule has 4 atom stereocenters. The van der Waals surface area contributed by atoms with E-state index in [0.29, 0.717) is 5.92 Å². The molecule has 3 aliphatic rings. The number of anilines is 2. The summed E-state index contributed by atoms with van der Waals surface area (Å²) in [6, 6.07) is 7.92. The van der Waals surface area contributed by atoms with Gasteiger partial charge in [0.25, 0.3) is 0 Å². The highest BCUT2D eigenvalue weighted by Crippen LogP contribution is 2.49. The largest absolute Gasteiger partial charge is 0.372 e. The van der Waals surface area contributed by atoms with Gasteiger partial charge in [0.15, 0.2) is 0 Å². The molecule has 1 aromatic carbocycles. The van der Waals surface area contributed by atoms with Crippen molar-refractivity contribution < 1.29 is 9.59 Å². The Morgan fingerprint density at radius 1 is 1.03 bits per heavy atom. The fourth-order valence-electron chi connectivity index (χ4n) is 5.72. The third-order valence-electron chi connectivity index (χ3n) is 7.33. The molecule has 1 saturated heterocycles. The van der Waals surface area contributed by atoms with E-state index < -0.39 is 0 Å². The van der Waals surface area contributed by atoms with Crippen LogP contribution in [0.5, 0.6) is 0 Å². The van der Waals surface area contributed by atoms with Gasteiger partial charge in [0.2, 0.25) is 5.91 Å². The molecule has 0 radical (unpaired) electrons. The van der Waals surface area contributed by atoms with E-state index in [1.807, 2.05) is 12.1 Å². The zero-order valence-electron chi connectivity index (χ0n) is 18.2. The molecule has 2 bridgehead atoms. The maximum atomic E-state index is 12.2. The predicted molar refractivity (Wildman–Crippen MR) is 121 cm³/mol. The van der Waals surface area contributed by atoms with Crippen LogP contribution in [0.2, 0.25) is 0 Å². The minimum Gasteiger partial charge on any atom is -0.372 e. The molecule has 3 fully saturated rings. The molecule has 0 spiro atoms.